The number of imidazole rings is 1. The lowest BCUT2D eigenvalue weighted by Gasteiger charge is -2.27. The molecule has 0 unspecified atom stereocenters. The van der Waals surface area contributed by atoms with Gasteiger partial charge in [0, 0.05) is 24.8 Å². The van der Waals surface area contributed by atoms with Crippen molar-refractivity contribution < 1.29 is 22.6 Å². The number of halogens is 3. The third-order valence-corrected chi connectivity index (χ3v) is 4.03. The highest BCUT2D eigenvalue weighted by molar-refractivity contribution is 5.88. The van der Waals surface area contributed by atoms with Crippen molar-refractivity contribution in [1.82, 2.24) is 15.0 Å². The Morgan fingerprint density at radius 3 is 2.73 bits per heavy atom. The summed E-state index contributed by atoms with van der Waals surface area (Å²) >= 11 is 0. The van der Waals surface area contributed by atoms with E-state index in [4.69, 9.17) is 4.74 Å². The number of hydrogen-bond donors (Lipinski definition) is 1. The molecule has 136 valence electrons. The van der Waals surface area contributed by atoms with Crippen molar-refractivity contribution in [3.05, 3.63) is 36.5 Å². The van der Waals surface area contributed by atoms with E-state index in [-0.39, 0.29) is 5.75 Å². The summed E-state index contributed by atoms with van der Waals surface area (Å²) in [5.74, 6) is 0.896. The lowest BCUT2D eigenvalue weighted by molar-refractivity contribution is -0.274. The summed E-state index contributed by atoms with van der Waals surface area (Å²) in [6.45, 7) is 2.66. The molecule has 0 amide bonds. The van der Waals surface area contributed by atoms with E-state index in [1.807, 2.05) is 0 Å². The normalized spacial score (nSPS) is 15.4. The van der Waals surface area contributed by atoms with Crippen LogP contribution in [0.15, 0.2) is 36.5 Å². The first-order valence-corrected chi connectivity index (χ1v) is 8.03. The quantitative estimate of drug-likeness (QED) is 0.772. The Morgan fingerprint density at radius 2 is 1.96 bits per heavy atom. The van der Waals surface area contributed by atoms with Crippen molar-refractivity contribution in [2.24, 2.45) is 0 Å². The number of aromatic amines is 1. The Bertz CT molecular complexity index is 920. The van der Waals surface area contributed by atoms with E-state index in [0.29, 0.717) is 43.2 Å². The molecule has 0 spiro atoms. The summed E-state index contributed by atoms with van der Waals surface area (Å²) < 4.78 is 46.6. The van der Waals surface area contributed by atoms with Crippen molar-refractivity contribution in [3.63, 3.8) is 0 Å². The van der Waals surface area contributed by atoms with E-state index < -0.39 is 6.36 Å². The van der Waals surface area contributed by atoms with Gasteiger partial charge in [-0.15, -0.1) is 13.2 Å². The number of benzene rings is 1. The van der Waals surface area contributed by atoms with Crippen molar-refractivity contribution >= 4 is 16.9 Å². The van der Waals surface area contributed by atoms with Crippen molar-refractivity contribution in [2.75, 3.05) is 31.2 Å². The molecule has 0 radical (unpaired) electrons. The maximum absolute atomic E-state index is 12.4. The number of ether oxygens (including phenoxy) is 2. The highest BCUT2D eigenvalue weighted by Crippen LogP contribution is 2.30. The summed E-state index contributed by atoms with van der Waals surface area (Å²) in [6, 6.07) is 7.49. The molecule has 1 aliphatic heterocycles. The van der Waals surface area contributed by atoms with Crippen LogP contribution in [-0.4, -0.2) is 47.6 Å². The van der Waals surface area contributed by atoms with E-state index >= 15 is 0 Å². The van der Waals surface area contributed by atoms with Gasteiger partial charge >= 0.3 is 6.36 Å². The fraction of sp³-hybridized carbons (Fsp3) is 0.294. The van der Waals surface area contributed by atoms with Crippen LogP contribution >= 0.6 is 0 Å². The van der Waals surface area contributed by atoms with E-state index in [1.54, 1.807) is 18.3 Å². The first kappa shape index (κ1) is 16.6. The molecule has 0 aliphatic carbocycles. The minimum absolute atomic E-state index is 0.290. The fourth-order valence-corrected chi connectivity index (χ4v) is 2.91. The summed E-state index contributed by atoms with van der Waals surface area (Å²) in [6.07, 6.45) is -3.06. The average molecular weight is 364 g/mol. The molecule has 9 heteroatoms. The molecule has 1 aromatic carbocycles. The second-order valence-electron chi connectivity index (χ2n) is 5.79. The molecule has 6 nitrogen and oxygen atoms in total. The van der Waals surface area contributed by atoms with E-state index in [2.05, 4.69) is 24.6 Å². The van der Waals surface area contributed by atoms with Crippen LogP contribution in [0.1, 0.15) is 0 Å². The number of anilines is 1. The summed E-state index contributed by atoms with van der Waals surface area (Å²) in [4.78, 5) is 14.2. The Morgan fingerprint density at radius 1 is 1.15 bits per heavy atom. The monoisotopic (exact) mass is 364 g/mol. The second kappa shape index (κ2) is 6.49. The van der Waals surface area contributed by atoms with Crippen LogP contribution in [0.5, 0.6) is 5.75 Å². The van der Waals surface area contributed by atoms with Gasteiger partial charge in [-0.3, -0.25) is 0 Å². The molecule has 0 atom stereocenters. The van der Waals surface area contributed by atoms with Crippen LogP contribution in [0, 0.1) is 0 Å². The number of H-pyrrole nitrogens is 1. The molecule has 3 aromatic rings. The van der Waals surface area contributed by atoms with Gasteiger partial charge in [-0.25, -0.2) is 9.97 Å². The summed E-state index contributed by atoms with van der Waals surface area (Å²) in [7, 11) is 0. The van der Waals surface area contributed by atoms with Gasteiger partial charge in [-0.05, 0) is 18.2 Å². The molecule has 4 rings (SSSR count). The number of alkyl halides is 3. The van der Waals surface area contributed by atoms with Crippen LogP contribution in [0.4, 0.5) is 19.0 Å². The molecule has 0 saturated carbocycles. The lowest BCUT2D eigenvalue weighted by Crippen LogP contribution is -2.36. The molecular weight excluding hydrogens is 349 g/mol. The standard InChI is InChI=1S/C17H15F3N4O2/c18-17(19,20)26-12-3-1-2-11(10-12)15-22-13-4-5-21-16(14(13)23-15)24-6-8-25-9-7-24/h1-5,10H,6-9H2,(H,22,23). The van der Waals surface area contributed by atoms with Crippen molar-refractivity contribution in [2.45, 2.75) is 6.36 Å². The first-order valence-electron chi connectivity index (χ1n) is 8.03. The van der Waals surface area contributed by atoms with Crippen LogP contribution in [-0.2, 0) is 4.74 Å². The fourth-order valence-electron chi connectivity index (χ4n) is 2.91. The predicted octanol–water partition coefficient (Wildman–Crippen LogP) is 3.36. The van der Waals surface area contributed by atoms with Crippen LogP contribution in [0.2, 0.25) is 0 Å². The highest BCUT2D eigenvalue weighted by atomic mass is 19.4. The Kier molecular flexibility index (Phi) is 4.15. The van der Waals surface area contributed by atoms with Gasteiger partial charge in [-0.1, -0.05) is 12.1 Å². The first-order chi connectivity index (χ1) is 12.5. The number of nitrogens with zero attached hydrogens (tertiary/aromatic N) is 3. The van der Waals surface area contributed by atoms with Gasteiger partial charge in [-0.2, -0.15) is 0 Å². The highest BCUT2D eigenvalue weighted by Gasteiger charge is 2.31. The largest absolute Gasteiger partial charge is 0.573 e. The van der Waals surface area contributed by atoms with Gasteiger partial charge in [0.15, 0.2) is 5.82 Å². The average Bonchev–Trinajstić information content (AvgIpc) is 3.05. The number of aromatic nitrogens is 3. The molecule has 26 heavy (non-hydrogen) atoms. The van der Waals surface area contributed by atoms with Gasteiger partial charge in [0.25, 0.3) is 0 Å². The third-order valence-electron chi connectivity index (χ3n) is 4.03. The molecule has 1 N–H and O–H groups in total. The number of pyridine rings is 1. The number of rotatable bonds is 3. The number of morpholine rings is 1. The third kappa shape index (κ3) is 3.43. The molecule has 1 aliphatic rings. The number of fused-ring (bicyclic) bond motifs is 1. The van der Waals surface area contributed by atoms with Gasteiger partial charge in [0.1, 0.15) is 17.1 Å². The smallest absolute Gasteiger partial charge is 0.406 e. The van der Waals surface area contributed by atoms with E-state index in [1.165, 1.54) is 18.2 Å². The van der Waals surface area contributed by atoms with Crippen LogP contribution in [0.3, 0.4) is 0 Å². The van der Waals surface area contributed by atoms with Crippen molar-refractivity contribution in [3.8, 4) is 17.1 Å². The zero-order chi connectivity index (χ0) is 18.1. The SMILES string of the molecule is FC(F)(F)Oc1cccc(-c2nc3c(N4CCOCC4)nccc3[nH]2)c1. The molecule has 1 fully saturated rings. The topological polar surface area (TPSA) is 63.3 Å². The van der Waals surface area contributed by atoms with E-state index in [9.17, 15) is 13.2 Å². The molecule has 0 bridgehead atoms. The van der Waals surface area contributed by atoms with Crippen molar-refractivity contribution in [1.29, 1.82) is 0 Å². The van der Waals surface area contributed by atoms with Crippen LogP contribution < -0.4 is 9.64 Å². The van der Waals surface area contributed by atoms with Gasteiger partial charge in [0.2, 0.25) is 0 Å². The number of hydrogen-bond acceptors (Lipinski definition) is 5. The Balaban J connectivity index is 1.71. The predicted molar refractivity (Wildman–Crippen MR) is 89.0 cm³/mol. The summed E-state index contributed by atoms with van der Waals surface area (Å²) in [5.41, 5.74) is 1.93. The molecule has 2 aromatic heterocycles. The number of nitrogens with one attached hydrogen (secondary N) is 1. The molecule has 1 saturated heterocycles. The zero-order valence-corrected chi connectivity index (χ0v) is 13.6. The van der Waals surface area contributed by atoms with Crippen LogP contribution in [0.25, 0.3) is 22.4 Å². The molecule has 3 heterocycles. The zero-order valence-electron chi connectivity index (χ0n) is 13.6. The Hall–Kier alpha value is -2.81. The van der Waals surface area contributed by atoms with Gasteiger partial charge < -0.3 is 19.4 Å². The Labute approximate surface area is 146 Å². The minimum Gasteiger partial charge on any atom is -0.406 e. The summed E-state index contributed by atoms with van der Waals surface area (Å²) in [5, 5.41) is 0. The minimum atomic E-state index is -4.74. The lowest BCUT2D eigenvalue weighted by atomic mass is 10.2. The maximum atomic E-state index is 12.4. The van der Waals surface area contributed by atoms with E-state index in [0.717, 1.165) is 11.3 Å². The van der Waals surface area contributed by atoms with Gasteiger partial charge in [0.05, 0.1) is 18.7 Å². The maximum Gasteiger partial charge on any atom is 0.573 e. The second-order valence-corrected chi connectivity index (χ2v) is 5.79. The molecular formula is C17H15F3N4O2.